The monoisotopic (exact) mass is 247 g/mol. The van der Waals surface area contributed by atoms with Gasteiger partial charge in [-0.05, 0) is 48.9 Å². The summed E-state index contributed by atoms with van der Waals surface area (Å²) in [7, 11) is 1.30. The molecule has 0 spiro atoms. The fraction of sp³-hybridized carbons (Fsp3) is 0.429. The van der Waals surface area contributed by atoms with Crippen molar-refractivity contribution in [2.45, 2.75) is 25.7 Å². The van der Waals surface area contributed by atoms with E-state index in [0.717, 1.165) is 12.8 Å². The molecule has 0 unspecified atom stereocenters. The fourth-order valence-corrected chi connectivity index (χ4v) is 2.20. The van der Waals surface area contributed by atoms with Crippen molar-refractivity contribution < 1.29 is 14.3 Å². The summed E-state index contributed by atoms with van der Waals surface area (Å²) in [5.41, 5.74) is 3.21. The first kappa shape index (κ1) is 12.6. The molecule has 0 aliphatic heterocycles. The highest BCUT2D eigenvalue weighted by Crippen LogP contribution is 2.22. The second-order valence-corrected chi connectivity index (χ2v) is 4.45. The highest BCUT2D eigenvalue weighted by Gasteiger charge is 2.13. The molecule has 0 fully saturated rings. The lowest BCUT2D eigenvalue weighted by Crippen LogP contribution is -2.30. The maximum atomic E-state index is 11.8. The molecule has 4 heteroatoms. The summed E-state index contributed by atoms with van der Waals surface area (Å²) in [4.78, 5) is 22.8. The van der Waals surface area contributed by atoms with E-state index in [1.165, 1.54) is 31.1 Å². The molecule has 1 aliphatic rings. The minimum atomic E-state index is -0.443. The first-order chi connectivity index (χ1) is 8.70. The van der Waals surface area contributed by atoms with Crippen LogP contribution in [0.3, 0.4) is 0 Å². The minimum Gasteiger partial charge on any atom is -0.468 e. The zero-order valence-corrected chi connectivity index (χ0v) is 10.5. The smallest absolute Gasteiger partial charge is 0.325 e. The Kier molecular flexibility index (Phi) is 3.97. The van der Waals surface area contributed by atoms with Gasteiger partial charge in [0.15, 0.2) is 0 Å². The Balaban J connectivity index is 2.04. The van der Waals surface area contributed by atoms with Gasteiger partial charge in [-0.25, -0.2) is 0 Å². The van der Waals surface area contributed by atoms with Crippen molar-refractivity contribution in [2.24, 2.45) is 0 Å². The third kappa shape index (κ3) is 2.88. The molecule has 1 N–H and O–H groups in total. The van der Waals surface area contributed by atoms with Crippen LogP contribution in [-0.4, -0.2) is 25.5 Å². The van der Waals surface area contributed by atoms with E-state index in [1.807, 2.05) is 18.2 Å². The number of hydrogen-bond donors (Lipinski definition) is 1. The number of benzene rings is 1. The van der Waals surface area contributed by atoms with Crippen LogP contribution in [0.1, 0.15) is 34.3 Å². The molecule has 1 aromatic rings. The van der Waals surface area contributed by atoms with E-state index in [2.05, 4.69) is 10.1 Å². The Bertz CT molecular complexity index is 468. The van der Waals surface area contributed by atoms with E-state index >= 15 is 0 Å². The molecule has 96 valence electrons. The highest BCUT2D eigenvalue weighted by molar-refractivity contribution is 5.96. The fourth-order valence-electron chi connectivity index (χ4n) is 2.20. The lowest BCUT2D eigenvalue weighted by Gasteiger charge is -2.16. The second-order valence-electron chi connectivity index (χ2n) is 4.45. The topological polar surface area (TPSA) is 55.4 Å². The van der Waals surface area contributed by atoms with Crippen LogP contribution >= 0.6 is 0 Å². The van der Waals surface area contributed by atoms with Crippen LogP contribution in [0.25, 0.3) is 0 Å². The Morgan fingerprint density at radius 3 is 2.67 bits per heavy atom. The summed E-state index contributed by atoms with van der Waals surface area (Å²) in [6, 6.07) is 5.76. The molecule has 0 radical (unpaired) electrons. The largest absolute Gasteiger partial charge is 0.468 e. The van der Waals surface area contributed by atoms with Gasteiger partial charge in [-0.3, -0.25) is 9.59 Å². The van der Waals surface area contributed by atoms with Crippen molar-refractivity contribution in [1.29, 1.82) is 0 Å². The number of esters is 1. The van der Waals surface area contributed by atoms with Crippen LogP contribution in [0.5, 0.6) is 0 Å². The van der Waals surface area contributed by atoms with Crippen molar-refractivity contribution in [3.8, 4) is 0 Å². The molecule has 0 bridgehead atoms. The molecule has 1 aromatic carbocycles. The highest BCUT2D eigenvalue weighted by atomic mass is 16.5. The van der Waals surface area contributed by atoms with E-state index in [0.29, 0.717) is 5.56 Å². The van der Waals surface area contributed by atoms with Crippen LogP contribution in [0.2, 0.25) is 0 Å². The molecular formula is C14H17NO3. The second kappa shape index (κ2) is 5.67. The number of ether oxygens (including phenoxy) is 1. The van der Waals surface area contributed by atoms with Crippen LogP contribution in [0.4, 0.5) is 0 Å². The standard InChI is InChI=1S/C14H17NO3/c1-18-13(16)9-15-14(17)12-7-6-10-4-2-3-5-11(10)8-12/h6-8H,2-5,9H2,1H3,(H,15,17). The van der Waals surface area contributed by atoms with Gasteiger partial charge in [-0.15, -0.1) is 0 Å². The van der Waals surface area contributed by atoms with Gasteiger partial charge in [0.2, 0.25) is 0 Å². The summed E-state index contributed by atoms with van der Waals surface area (Å²) in [5.74, 6) is -0.671. The number of aryl methyl sites for hydroxylation is 2. The van der Waals surface area contributed by atoms with E-state index in [-0.39, 0.29) is 12.5 Å². The first-order valence-electron chi connectivity index (χ1n) is 6.17. The van der Waals surface area contributed by atoms with Crippen LogP contribution < -0.4 is 5.32 Å². The summed E-state index contributed by atoms with van der Waals surface area (Å²) >= 11 is 0. The van der Waals surface area contributed by atoms with Crippen LogP contribution in [0, 0.1) is 0 Å². The summed E-state index contributed by atoms with van der Waals surface area (Å²) in [6.45, 7) is -0.0909. The van der Waals surface area contributed by atoms with Gasteiger partial charge in [0.25, 0.3) is 5.91 Å². The first-order valence-corrected chi connectivity index (χ1v) is 6.17. The maximum absolute atomic E-state index is 11.8. The molecule has 1 amide bonds. The predicted octanol–water partition coefficient (Wildman–Crippen LogP) is 1.47. The lowest BCUT2D eigenvalue weighted by atomic mass is 9.90. The van der Waals surface area contributed by atoms with E-state index in [9.17, 15) is 9.59 Å². The van der Waals surface area contributed by atoms with Gasteiger partial charge in [0.1, 0.15) is 6.54 Å². The minimum absolute atomic E-state index is 0.0909. The molecule has 0 aromatic heterocycles. The molecule has 0 saturated carbocycles. The van der Waals surface area contributed by atoms with Crippen molar-refractivity contribution in [2.75, 3.05) is 13.7 Å². The predicted molar refractivity (Wildman–Crippen MR) is 67.4 cm³/mol. The number of hydrogen-bond acceptors (Lipinski definition) is 3. The number of carbonyl (C=O) groups excluding carboxylic acids is 2. The Morgan fingerprint density at radius 1 is 1.22 bits per heavy atom. The molecule has 0 atom stereocenters. The van der Waals surface area contributed by atoms with Crippen LogP contribution in [-0.2, 0) is 22.4 Å². The number of nitrogens with one attached hydrogen (secondary N) is 1. The average Bonchev–Trinajstić information content (AvgIpc) is 2.43. The summed E-state index contributed by atoms with van der Waals surface area (Å²) in [5, 5.41) is 2.54. The average molecular weight is 247 g/mol. The Labute approximate surface area is 106 Å². The number of fused-ring (bicyclic) bond motifs is 1. The number of carbonyl (C=O) groups is 2. The molecule has 0 heterocycles. The molecule has 18 heavy (non-hydrogen) atoms. The molecule has 0 saturated heterocycles. The van der Waals surface area contributed by atoms with Crippen molar-refractivity contribution in [1.82, 2.24) is 5.32 Å². The molecular weight excluding hydrogens is 230 g/mol. The van der Waals surface area contributed by atoms with Gasteiger partial charge >= 0.3 is 5.97 Å². The van der Waals surface area contributed by atoms with E-state index in [4.69, 9.17) is 0 Å². The van der Waals surface area contributed by atoms with Gasteiger partial charge in [-0.2, -0.15) is 0 Å². The summed E-state index contributed by atoms with van der Waals surface area (Å²) in [6.07, 6.45) is 4.54. The number of rotatable bonds is 3. The van der Waals surface area contributed by atoms with Crippen molar-refractivity contribution in [3.63, 3.8) is 0 Å². The Morgan fingerprint density at radius 2 is 1.94 bits per heavy atom. The number of methoxy groups -OCH3 is 1. The zero-order valence-electron chi connectivity index (χ0n) is 10.5. The van der Waals surface area contributed by atoms with Crippen LogP contribution in [0.15, 0.2) is 18.2 Å². The normalized spacial score (nSPS) is 13.6. The third-order valence-electron chi connectivity index (χ3n) is 3.23. The van der Waals surface area contributed by atoms with Gasteiger partial charge < -0.3 is 10.1 Å². The zero-order chi connectivity index (χ0) is 13.0. The SMILES string of the molecule is COC(=O)CNC(=O)c1ccc2c(c1)CCCC2. The number of amides is 1. The van der Waals surface area contributed by atoms with Gasteiger partial charge in [0.05, 0.1) is 7.11 Å². The summed E-state index contributed by atoms with van der Waals surface area (Å²) < 4.78 is 4.47. The van der Waals surface area contributed by atoms with Crippen molar-refractivity contribution >= 4 is 11.9 Å². The molecule has 2 rings (SSSR count). The van der Waals surface area contributed by atoms with Crippen molar-refractivity contribution in [3.05, 3.63) is 34.9 Å². The molecule has 1 aliphatic carbocycles. The van der Waals surface area contributed by atoms with Gasteiger partial charge in [0, 0.05) is 5.56 Å². The van der Waals surface area contributed by atoms with Gasteiger partial charge in [-0.1, -0.05) is 6.07 Å². The molecule has 4 nitrogen and oxygen atoms in total. The quantitative estimate of drug-likeness (QED) is 0.823. The van der Waals surface area contributed by atoms with E-state index in [1.54, 1.807) is 0 Å². The van der Waals surface area contributed by atoms with E-state index < -0.39 is 5.97 Å². The lowest BCUT2D eigenvalue weighted by molar-refractivity contribution is -0.139. The Hall–Kier alpha value is -1.84. The third-order valence-corrected chi connectivity index (χ3v) is 3.23. The maximum Gasteiger partial charge on any atom is 0.325 e.